The van der Waals surface area contributed by atoms with E-state index in [1.54, 1.807) is 0 Å². The molecule has 0 radical (unpaired) electrons. The first kappa shape index (κ1) is 11.4. The van der Waals surface area contributed by atoms with Crippen molar-refractivity contribution in [3.05, 3.63) is 28.7 Å². The molecule has 18 heavy (non-hydrogen) atoms. The van der Waals surface area contributed by atoms with E-state index < -0.39 is 0 Å². The number of nitrogens with one attached hydrogen (secondary N) is 1. The monoisotopic (exact) mass is 262 g/mol. The summed E-state index contributed by atoms with van der Waals surface area (Å²) in [5, 5.41) is 12.6. The molecule has 0 atom stereocenters. The van der Waals surface area contributed by atoms with Gasteiger partial charge >= 0.3 is 0 Å². The van der Waals surface area contributed by atoms with Crippen LogP contribution in [0.2, 0.25) is 0 Å². The maximum Gasteiger partial charge on any atom is 0.261 e. The van der Waals surface area contributed by atoms with Crippen LogP contribution in [0.15, 0.2) is 23.1 Å². The summed E-state index contributed by atoms with van der Waals surface area (Å²) in [6.45, 7) is 2.80. The van der Waals surface area contributed by atoms with Gasteiger partial charge in [0.2, 0.25) is 5.13 Å². The summed E-state index contributed by atoms with van der Waals surface area (Å²) in [7, 11) is 0. The summed E-state index contributed by atoms with van der Waals surface area (Å²) < 4.78 is 1.81. The van der Waals surface area contributed by atoms with Gasteiger partial charge in [-0.05, 0) is 31.9 Å². The minimum Gasteiger partial charge on any atom is -0.360 e. The topological polar surface area (TPSA) is 59.8 Å². The highest BCUT2D eigenvalue weighted by Gasteiger charge is 2.25. The van der Waals surface area contributed by atoms with E-state index in [1.807, 2.05) is 29.8 Å². The second-order valence-corrected chi connectivity index (χ2v) is 5.29. The van der Waals surface area contributed by atoms with E-state index >= 15 is 0 Å². The molecule has 0 aromatic carbocycles. The summed E-state index contributed by atoms with van der Waals surface area (Å²) in [6, 6.07) is 4.11. The second-order valence-electron chi connectivity index (χ2n) is 4.31. The lowest BCUT2D eigenvalue weighted by Gasteiger charge is -2.03. The Labute approximate surface area is 108 Å². The minimum atomic E-state index is 0.0409. The summed E-state index contributed by atoms with van der Waals surface area (Å²) >= 11 is 1.42. The summed E-state index contributed by atoms with van der Waals surface area (Å²) in [6.07, 6.45) is 4.06. The predicted molar refractivity (Wildman–Crippen MR) is 72.0 cm³/mol. The normalized spacial score (nSPS) is 14.7. The van der Waals surface area contributed by atoms with E-state index in [4.69, 9.17) is 0 Å². The van der Waals surface area contributed by atoms with Crippen LogP contribution in [0.3, 0.4) is 0 Å². The highest BCUT2D eigenvalue weighted by molar-refractivity contribution is 7.18. The van der Waals surface area contributed by atoms with Crippen molar-refractivity contribution in [2.45, 2.75) is 25.8 Å². The number of pyridine rings is 1. The van der Waals surface area contributed by atoms with E-state index in [0.717, 1.165) is 24.5 Å². The fraction of sp³-hybridized carbons (Fsp3) is 0.417. The number of anilines is 1. The molecule has 5 nitrogen and oxygen atoms in total. The van der Waals surface area contributed by atoms with Crippen LogP contribution in [0, 0.1) is 0 Å². The van der Waals surface area contributed by atoms with Crippen molar-refractivity contribution in [2.75, 3.05) is 11.9 Å². The highest BCUT2D eigenvalue weighted by Crippen LogP contribution is 2.34. The number of nitrogens with zero attached hydrogens (tertiary/aromatic N) is 3. The summed E-state index contributed by atoms with van der Waals surface area (Å²) in [4.78, 5) is 12.3. The van der Waals surface area contributed by atoms with Crippen molar-refractivity contribution in [1.82, 2.24) is 14.8 Å². The molecule has 6 heteroatoms. The number of rotatable bonds is 4. The van der Waals surface area contributed by atoms with Gasteiger partial charge in [0.05, 0.1) is 5.56 Å². The standard InChI is InChI=1S/C12H14N4OS/c1-2-13-12-15-14-10(18-12)9-4-3-7-16(11(9)17)8-5-6-8/h3-4,7-8H,2,5-6H2,1H3,(H,13,15). The summed E-state index contributed by atoms with van der Waals surface area (Å²) in [5.41, 5.74) is 0.685. The van der Waals surface area contributed by atoms with E-state index in [1.165, 1.54) is 11.3 Å². The molecular weight excluding hydrogens is 248 g/mol. The Hall–Kier alpha value is -1.69. The SMILES string of the molecule is CCNc1nnc(-c2cccn(C3CC3)c2=O)s1. The lowest BCUT2D eigenvalue weighted by atomic mass is 10.3. The molecule has 0 bridgehead atoms. The molecule has 1 N–H and O–H groups in total. The smallest absolute Gasteiger partial charge is 0.261 e. The third-order valence-corrected chi connectivity index (χ3v) is 3.81. The van der Waals surface area contributed by atoms with Crippen molar-refractivity contribution in [3.8, 4) is 10.6 Å². The third kappa shape index (κ3) is 2.03. The third-order valence-electron chi connectivity index (χ3n) is 2.90. The van der Waals surface area contributed by atoms with Gasteiger partial charge in [-0.3, -0.25) is 4.79 Å². The first-order valence-electron chi connectivity index (χ1n) is 6.08. The van der Waals surface area contributed by atoms with Gasteiger partial charge < -0.3 is 9.88 Å². The molecule has 0 amide bonds. The molecule has 1 saturated carbocycles. The molecule has 2 aromatic heterocycles. The Morgan fingerprint density at radius 2 is 2.33 bits per heavy atom. The quantitative estimate of drug-likeness (QED) is 0.917. The van der Waals surface area contributed by atoms with E-state index in [-0.39, 0.29) is 5.56 Å². The Bertz CT molecular complexity index is 615. The first-order chi connectivity index (χ1) is 8.79. The van der Waals surface area contributed by atoms with Crippen molar-refractivity contribution in [1.29, 1.82) is 0 Å². The van der Waals surface area contributed by atoms with Crippen molar-refractivity contribution in [3.63, 3.8) is 0 Å². The van der Waals surface area contributed by atoms with E-state index in [2.05, 4.69) is 15.5 Å². The molecule has 3 rings (SSSR count). The van der Waals surface area contributed by atoms with Crippen LogP contribution in [-0.2, 0) is 0 Å². The number of aromatic nitrogens is 3. The van der Waals surface area contributed by atoms with Crippen LogP contribution < -0.4 is 10.9 Å². The maximum atomic E-state index is 12.3. The lowest BCUT2D eigenvalue weighted by molar-refractivity contribution is 0.709. The molecule has 94 valence electrons. The van der Waals surface area contributed by atoms with E-state index in [0.29, 0.717) is 16.6 Å². The predicted octanol–water partition coefficient (Wildman–Crippen LogP) is 2.13. The van der Waals surface area contributed by atoms with Gasteiger partial charge in [0, 0.05) is 18.8 Å². The van der Waals surface area contributed by atoms with Crippen LogP contribution in [0.5, 0.6) is 0 Å². The van der Waals surface area contributed by atoms with Crippen molar-refractivity contribution in [2.24, 2.45) is 0 Å². The van der Waals surface area contributed by atoms with Crippen LogP contribution >= 0.6 is 11.3 Å². The zero-order valence-electron chi connectivity index (χ0n) is 10.1. The van der Waals surface area contributed by atoms with Gasteiger partial charge in [0.1, 0.15) is 0 Å². The minimum absolute atomic E-state index is 0.0409. The zero-order chi connectivity index (χ0) is 12.5. The van der Waals surface area contributed by atoms with Gasteiger partial charge in [-0.2, -0.15) is 0 Å². The Balaban J connectivity index is 2.00. The molecule has 0 aliphatic heterocycles. The van der Waals surface area contributed by atoms with Gasteiger partial charge in [-0.25, -0.2) is 0 Å². The van der Waals surface area contributed by atoms with Crippen molar-refractivity contribution < 1.29 is 0 Å². The molecule has 1 aliphatic rings. The largest absolute Gasteiger partial charge is 0.360 e. The zero-order valence-corrected chi connectivity index (χ0v) is 10.9. The first-order valence-corrected chi connectivity index (χ1v) is 6.90. The maximum absolute atomic E-state index is 12.3. The average Bonchev–Trinajstić information content (AvgIpc) is 3.11. The van der Waals surface area contributed by atoms with Gasteiger partial charge in [0.25, 0.3) is 5.56 Å². The van der Waals surface area contributed by atoms with Crippen LogP contribution in [0.4, 0.5) is 5.13 Å². The molecule has 2 aromatic rings. The molecular formula is C12H14N4OS. The molecule has 0 unspecified atom stereocenters. The molecule has 2 heterocycles. The molecule has 1 aliphatic carbocycles. The fourth-order valence-electron chi connectivity index (χ4n) is 1.87. The number of hydrogen-bond donors (Lipinski definition) is 1. The molecule has 0 spiro atoms. The van der Waals surface area contributed by atoms with Gasteiger partial charge in [0.15, 0.2) is 5.01 Å². The Morgan fingerprint density at radius 1 is 1.50 bits per heavy atom. The van der Waals surface area contributed by atoms with Gasteiger partial charge in [-0.1, -0.05) is 11.3 Å². The Morgan fingerprint density at radius 3 is 3.06 bits per heavy atom. The average molecular weight is 262 g/mol. The fourth-order valence-corrected chi connectivity index (χ4v) is 2.70. The molecule has 0 saturated heterocycles. The van der Waals surface area contributed by atoms with Crippen molar-refractivity contribution >= 4 is 16.5 Å². The van der Waals surface area contributed by atoms with Crippen LogP contribution in [-0.4, -0.2) is 21.3 Å². The number of hydrogen-bond acceptors (Lipinski definition) is 5. The van der Waals surface area contributed by atoms with E-state index in [9.17, 15) is 4.79 Å². The van der Waals surface area contributed by atoms with Crippen LogP contribution in [0.1, 0.15) is 25.8 Å². The van der Waals surface area contributed by atoms with Crippen LogP contribution in [0.25, 0.3) is 10.6 Å². The highest BCUT2D eigenvalue weighted by atomic mass is 32.1. The Kier molecular flexibility index (Phi) is 2.87. The summed E-state index contributed by atoms with van der Waals surface area (Å²) in [5.74, 6) is 0. The second kappa shape index (κ2) is 4.53. The molecule has 1 fully saturated rings. The van der Waals surface area contributed by atoms with Gasteiger partial charge in [-0.15, -0.1) is 10.2 Å². The lowest BCUT2D eigenvalue weighted by Crippen LogP contribution is -2.19.